The van der Waals surface area contributed by atoms with Gasteiger partial charge in [0.05, 0.1) is 18.1 Å². The van der Waals surface area contributed by atoms with Crippen molar-refractivity contribution in [2.24, 2.45) is 4.99 Å². The molecule has 1 saturated heterocycles. The van der Waals surface area contributed by atoms with Crippen LogP contribution in [-0.2, 0) is 9.59 Å². The minimum absolute atomic E-state index is 0.0547. The zero-order valence-electron chi connectivity index (χ0n) is 13.8. The van der Waals surface area contributed by atoms with E-state index in [0.29, 0.717) is 17.5 Å². The molecule has 1 heterocycles. The maximum absolute atomic E-state index is 12.2. The molecule has 0 unspecified atom stereocenters. The highest BCUT2D eigenvalue weighted by Crippen LogP contribution is 2.30. The average molecular weight is 366 g/mol. The molecule has 1 aliphatic heterocycles. The van der Waals surface area contributed by atoms with Crippen LogP contribution in [0.3, 0.4) is 0 Å². The topological polar surface area (TPSA) is 123 Å². The summed E-state index contributed by atoms with van der Waals surface area (Å²) >= 11 is 1.19. The van der Waals surface area contributed by atoms with Crippen molar-refractivity contribution in [2.75, 3.05) is 19.0 Å². The van der Waals surface area contributed by atoms with E-state index in [1.807, 2.05) is 6.92 Å². The van der Waals surface area contributed by atoms with E-state index in [9.17, 15) is 19.7 Å². The lowest BCUT2D eigenvalue weighted by Crippen LogP contribution is -2.28. The van der Waals surface area contributed by atoms with Crippen molar-refractivity contribution in [1.82, 2.24) is 5.32 Å². The number of aliphatic imine (C=N–C) groups is 1. The minimum Gasteiger partial charge on any atom is -0.496 e. The maximum Gasteiger partial charge on any atom is 0.296 e. The lowest BCUT2D eigenvalue weighted by molar-refractivity contribution is -0.384. The standard InChI is InChI=1S/C15H18N4O5S/c1-3-6-16-15-18-14(21)12(25-15)8-13(20)17-10-5-4-9(24-2)7-11(10)19(22)23/h4-5,7,12H,3,6,8H2,1-2H3,(H,17,20)(H,16,18,21)/t12-/m1/s1. The molecule has 0 aliphatic carbocycles. The Morgan fingerprint density at radius 1 is 1.52 bits per heavy atom. The number of ether oxygens (including phenoxy) is 1. The second kappa shape index (κ2) is 8.47. The van der Waals surface area contributed by atoms with Gasteiger partial charge in [0.15, 0.2) is 5.17 Å². The van der Waals surface area contributed by atoms with Crippen LogP contribution >= 0.6 is 11.8 Å². The molecule has 9 nitrogen and oxygen atoms in total. The van der Waals surface area contributed by atoms with Crippen molar-refractivity contribution >= 4 is 40.1 Å². The number of nitrogens with zero attached hydrogens (tertiary/aromatic N) is 2. The summed E-state index contributed by atoms with van der Waals surface area (Å²) in [5.74, 6) is -0.468. The third-order valence-corrected chi connectivity index (χ3v) is 4.42. The SMILES string of the molecule is CCCN=C1NC(=O)[C@@H](CC(=O)Nc2ccc(OC)cc2[N+](=O)[O-])S1. The van der Waals surface area contributed by atoms with Crippen LogP contribution in [0.15, 0.2) is 23.2 Å². The third kappa shape index (κ3) is 4.92. The van der Waals surface area contributed by atoms with E-state index < -0.39 is 16.1 Å². The lowest BCUT2D eigenvalue weighted by Gasteiger charge is -2.09. The molecular weight excluding hydrogens is 348 g/mol. The lowest BCUT2D eigenvalue weighted by atomic mass is 10.2. The third-order valence-electron chi connectivity index (χ3n) is 3.30. The van der Waals surface area contributed by atoms with E-state index in [0.717, 1.165) is 6.42 Å². The summed E-state index contributed by atoms with van der Waals surface area (Å²) in [6, 6.07) is 4.13. The molecule has 0 bridgehead atoms. The Morgan fingerprint density at radius 3 is 2.92 bits per heavy atom. The number of amides is 2. The van der Waals surface area contributed by atoms with E-state index in [2.05, 4.69) is 15.6 Å². The van der Waals surface area contributed by atoms with Gasteiger partial charge in [0, 0.05) is 13.0 Å². The summed E-state index contributed by atoms with van der Waals surface area (Å²) in [4.78, 5) is 38.8. The second-order valence-electron chi connectivity index (χ2n) is 5.18. The molecule has 0 aromatic heterocycles. The number of methoxy groups -OCH3 is 1. The summed E-state index contributed by atoms with van der Waals surface area (Å²) in [6.45, 7) is 2.57. The number of carbonyl (C=O) groups excluding carboxylic acids is 2. The fourth-order valence-electron chi connectivity index (χ4n) is 2.09. The number of hydrogen-bond donors (Lipinski definition) is 2. The highest BCUT2D eigenvalue weighted by Gasteiger charge is 2.32. The van der Waals surface area contributed by atoms with Crippen LogP contribution in [0.1, 0.15) is 19.8 Å². The van der Waals surface area contributed by atoms with Gasteiger partial charge in [0.25, 0.3) is 5.69 Å². The van der Waals surface area contributed by atoms with Gasteiger partial charge in [-0.25, -0.2) is 0 Å². The van der Waals surface area contributed by atoms with Gasteiger partial charge in [0.1, 0.15) is 16.7 Å². The Bertz CT molecular complexity index is 722. The molecule has 0 radical (unpaired) electrons. The van der Waals surface area contributed by atoms with Crippen LogP contribution in [0.2, 0.25) is 0 Å². The highest BCUT2D eigenvalue weighted by atomic mass is 32.2. The van der Waals surface area contributed by atoms with Crippen LogP contribution in [0.25, 0.3) is 0 Å². The van der Waals surface area contributed by atoms with E-state index in [4.69, 9.17) is 4.74 Å². The number of rotatable bonds is 7. The Kier molecular flexibility index (Phi) is 6.34. The predicted octanol–water partition coefficient (Wildman–Crippen LogP) is 1.93. The van der Waals surface area contributed by atoms with Crippen LogP contribution in [0.4, 0.5) is 11.4 Å². The van der Waals surface area contributed by atoms with Crippen molar-refractivity contribution in [2.45, 2.75) is 25.0 Å². The smallest absolute Gasteiger partial charge is 0.296 e. The van der Waals surface area contributed by atoms with Gasteiger partial charge in [-0.05, 0) is 18.6 Å². The van der Waals surface area contributed by atoms with Gasteiger partial charge >= 0.3 is 0 Å². The van der Waals surface area contributed by atoms with Gasteiger partial charge < -0.3 is 15.4 Å². The number of nitro groups is 1. The molecule has 1 fully saturated rings. The predicted molar refractivity (Wildman–Crippen MR) is 95.0 cm³/mol. The fraction of sp³-hybridized carbons (Fsp3) is 0.400. The number of amidine groups is 1. The first-order valence-electron chi connectivity index (χ1n) is 7.58. The molecule has 1 atom stereocenters. The minimum atomic E-state index is -0.606. The summed E-state index contributed by atoms with van der Waals surface area (Å²) in [5, 5.41) is 16.1. The molecule has 2 rings (SSSR count). The van der Waals surface area contributed by atoms with Crippen molar-refractivity contribution in [3.05, 3.63) is 28.3 Å². The first-order chi connectivity index (χ1) is 11.9. The quantitative estimate of drug-likeness (QED) is 0.561. The molecule has 1 aromatic rings. The average Bonchev–Trinajstić information content (AvgIpc) is 2.92. The van der Waals surface area contributed by atoms with Crippen LogP contribution in [0, 0.1) is 10.1 Å². The van der Waals surface area contributed by atoms with E-state index >= 15 is 0 Å². The van der Waals surface area contributed by atoms with Crippen LogP contribution in [0.5, 0.6) is 5.75 Å². The normalized spacial score (nSPS) is 18.1. The van der Waals surface area contributed by atoms with Crippen molar-refractivity contribution in [1.29, 1.82) is 0 Å². The maximum atomic E-state index is 12.2. The first-order valence-corrected chi connectivity index (χ1v) is 8.46. The molecule has 2 amide bonds. The van der Waals surface area contributed by atoms with Crippen molar-refractivity contribution < 1.29 is 19.2 Å². The molecular formula is C15H18N4O5S. The highest BCUT2D eigenvalue weighted by molar-refractivity contribution is 8.15. The zero-order valence-corrected chi connectivity index (χ0v) is 14.6. The number of thioether (sulfide) groups is 1. The monoisotopic (exact) mass is 366 g/mol. The van der Waals surface area contributed by atoms with Gasteiger partial charge in [-0.1, -0.05) is 18.7 Å². The Hall–Kier alpha value is -2.62. The van der Waals surface area contributed by atoms with E-state index in [1.165, 1.54) is 37.1 Å². The van der Waals surface area contributed by atoms with E-state index in [-0.39, 0.29) is 23.7 Å². The summed E-state index contributed by atoms with van der Waals surface area (Å²) in [6.07, 6.45) is 0.747. The molecule has 25 heavy (non-hydrogen) atoms. The molecule has 1 aromatic carbocycles. The number of hydrogen-bond acceptors (Lipinski definition) is 7. The summed E-state index contributed by atoms with van der Waals surface area (Å²) in [7, 11) is 1.39. The zero-order chi connectivity index (χ0) is 18.4. The number of benzene rings is 1. The summed E-state index contributed by atoms with van der Waals surface area (Å²) in [5.41, 5.74) is -0.222. The van der Waals surface area contributed by atoms with Gasteiger partial charge in [-0.15, -0.1) is 0 Å². The van der Waals surface area contributed by atoms with Gasteiger partial charge in [0.2, 0.25) is 11.8 Å². The molecule has 0 saturated carbocycles. The van der Waals surface area contributed by atoms with Crippen molar-refractivity contribution in [3.63, 3.8) is 0 Å². The molecule has 2 N–H and O–H groups in total. The fourth-order valence-corrected chi connectivity index (χ4v) is 3.09. The van der Waals surface area contributed by atoms with Gasteiger partial charge in [-0.3, -0.25) is 24.7 Å². The molecule has 134 valence electrons. The van der Waals surface area contributed by atoms with Gasteiger partial charge in [-0.2, -0.15) is 0 Å². The summed E-state index contributed by atoms with van der Waals surface area (Å²) < 4.78 is 4.94. The number of nitro benzene ring substituents is 1. The second-order valence-corrected chi connectivity index (χ2v) is 6.37. The van der Waals surface area contributed by atoms with Crippen LogP contribution in [-0.4, -0.2) is 40.8 Å². The number of nitrogens with one attached hydrogen (secondary N) is 2. The molecule has 0 spiro atoms. The van der Waals surface area contributed by atoms with Crippen molar-refractivity contribution in [3.8, 4) is 5.75 Å². The Labute approximate surface area is 148 Å². The van der Waals surface area contributed by atoms with E-state index in [1.54, 1.807) is 0 Å². The number of carbonyl (C=O) groups is 2. The number of anilines is 1. The largest absolute Gasteiger partial charge is 0.496 e. The molecule has 1 aliphatic rings. The Morgan fingerprint density at radius 2 is 2.28 bits per heavy atom. The first kappa shape index (κ1) is 18.7. The Balaban J connectivity index is 2.03. The molecule has 10 heteroatoms. The van der Waals surface area contributed by atoms with Crippen LogP contribution < -0.4 is 15.4 Å².